The molecule has 0 saturated heterocycles. The van der Waals surface area contributed by atoms with Crippen molar-refractivity contribution in [3.05, 3.63) is 45.8 Å². The van der Waals surface area contributed by atoms with Gasteiger partial charge in [0.25, 0.3) is 0 Å². The highest BCUT2D eigenvalue weighted by molar-refractivity contribution is 8.13. The number of fused-ring (bicyclic) bond motifs is 1. The summed E-state index contributed by atoms with van der Waals surface area (Å²) < 4.78 is 5.17. The maximum Gasteiger partial charge on any atom is 0.336 e. The molecule has 5 N–H and O–H groups in total. The van der Waals surface area contributed by atoms with E-state index in [4.69, 9.17) is 21.3 Å². The highest BCUT2D eigenvalue weighted by Crippen LogP contribution is 2.22. The smallest absolute Gasteiger partial charge is 0.336 e. The number of guanidine groups is 1. The number of hydrogen-bond donors (Lipinski definition) is 3. The van der Waals surface area contributed by atoms with Gasteiger partial charge in [0.2, 0.25) is 0 Å². The molecule has 1 aromatic carbocycles. The quantitative estimate of drug-likeness (QED) is 0.440. The van der Waals surface area contributed by atoms with Crippen molar-refractivity contribution in [3.63, 3.8) is 0 Å². The zero-order valence-electron chi connectivity index (χ0n) is 10.8. The van der Waals surface area contributed by atoms with Gasteiger partial charge in [-0.3, -0.25) is 5.41 Å². The maximum atomic E-state index is 11.5. The molecule has 0 radical (unpaired) electrons. The Balaban J connectivity index is 2.32. The van der Waals surface area contributed by atoms with Crippen LogP contribution >= 0.6 is 11.8 Å². The molecule has 0 saturated carbocycles. The van der Waals surface area contributed by atoms with Crippen molar-refractivity contribution in [2.24, 2.45) is 16.5 Å². The van der Waals surface area contributed by atoms with Gasteiger partial charge >= 0.3 is 5.63 Å². The molecular weight excluding hydrogens is 276 g/mol. The molecule has 0 aliphatic rings. The van der Waals surface area contributed by atoms with Gasteiger partial charge in [0.15, 0.2) is 11.1 Å². The molecule has 2 aromatic rings. The Morgan fingerprint density at radius 1 is 1.40 bits per heavy atom. The first kappa shape index (κ1) is 14.1. The molecule has 1 aromatic heterocycles. The third-order valence-corrected chi connectivity index (χ3v) is 3.40. The Hall–Kier alpha value is -2.28. The summed E-state index contributed by atoms with van der Waals surface area (Å²) in [6, 6.07) is 7.07. The molecule has 0 amide bonds. The number of rotatable bonds is 2. The largest absolute Gasteiger partial charge is 0.423 e. The lowest BCUT2D eigenvalue weighted by atomic mass is 10.1. The van der Waals surface area contributed by atoms with Gasteiger partial charge in [-0.05, 0) is 24.1 Å². The topological polar surface area (TPSA) is 118 Å². The predicted octanol–water partition coefficient (Wildman–Crippen LogP) is 1.54. The van der Waals surface area contributed by atoms with Crippen LogP contribution in [0.25, 0.3) is 11.0 Å². The summed E-state index contributed by atoms with van der Waals surface area (Å²) >= 11 is 1.14. The molecule has 0 unspecified atom stereocenters. The van der Waals surface area contributed by atoms with Crippen LogP contribution in [0.1, 0.15) is 11.1 Å². The predicted molar refractivity (Wildman–Crippen MR) is 82.1 cm³/mol. The fraction of sp³-hybridized carbons (Fsp3) is 0.154. The Morgan fingerprint density at radius 3 is 2.85 bits per heavy atom. The molecule has 0 fully saturated rings. The van der Waals surface area contributed by atoms with Crippen molar-refractivity contribution < 1.29 is 4.42 Å². The minimum atomic E-state index is -0.410. The number of nitrogens with zero attached hydrogens (tertiary/aromatic N) is 1. The molecule has 6 nitrogen and oxygen atoms in total. The zero-order valence-corrected chi connectivity index (χ0v) is 11.7. The fourth-order valence-corrected chi connectivity index (χ4v) is 2.45. The number of nitrogens with two attached hydrogens (primary N) is 2. The van der Waals surface area contributed by atoms with Crippen LogP contribution in [0, 0.1) is 12.3 Å². The standard InChI is InChI=1S/C13H14N4O2S/c1-7-2-3-9-8(5-11(18)19-10(9)4-7)6-20-13(16)17-12(14)15/h2-5H,6H2,1H3,(H5,14,15,16,17). The summed E-state index contributed by atoms with van der Waals surface area (Å²) in [6.07, 6.45) is 0. The van der Waals surface area contributed by atoms with Crippen LogP contribution in [0.4, 0.5) is 0 Å². The fourth-order valence-electron chi connectivity index (χ4n) is 1.75. The van der Waals surface area contributed by atoms with E-state index in [1.807, 2.05) is 25.1 Å². The second-order valence-electron chi connectivity index (χ2n) is 4.22. The number of amidine groups is 1. The molecule has 0 spiro atoms. The Kier molecular flexibility index (Phi) is 4.09. The molecule has 7 heteroatoms. The average molecular weight is 290 g/mol. The van der Waals surface area contributed by atoms with E-state index in [0.717, 1.165) is 28.3 Å². The molecule has 0 bridgehead atoms. The minimum absolute atomic E-state index is 0.00139. The van der Waals surface area contributed by atoms with Crippen molar-refractivity contribution in [1.82, 2.24) is 0 Å². The summed E-state index contributed by atoms with van der Waals surface area (Å²) in [6.45, 7) is 1.93. The lowest BCUT2D eigenvalue weighted by molar-refractivity contribution is 0.559. The van der Waals surface area contributed by atoms with Gasteiger partial charge in [0.1, 0.15) is 5.58 Å². The molecule has 0 aliphatic carbocycles. The van der Waals surface area contributed by atoms with Crippen molar-refractivity contribution in [2.45, 2.75) is 12.7 Å². The number of thioether (sulfide) groups is 1. The summed E-state index contributed by atoms with van der Waals surface area (Å²) in [7, 11) is 0. The van der Waals surface area contributed by atoms with Gasteiger partial charge in [-0.2, -0.15) is 4.99 Å². The van der Waals surface area contributed by atoms with Crippen LogP contribution in [-0.2, 0) is 5.75 Å². The third kappa shape index (κ3) is 3.39. The van der Waals surface area contributed by atoms with E-state index in [0.29, 0.717) is 11.3 Å². The monoisotopic (exact) mass is 290 g/mol. The summed E-state index contributed by atoms with van der Waals surface area (Å²) in [5.74, 6) is 0.261. The van der Waals surface area contributed by atoms with E-state index in [-0.39, 0.29) is 11.1 Å². The Bertz CT molecular complexity index is 748. The van der Waals surface area contributed by atoms with Crippen LogP contribution in [-0.4, -0.2) is 11.1 Å². The zero-order chi connectivity index (χ0) is 14.7. The molecule has 2 rings (SSSR count). The van der Waals surface area contributed by atoms with Crippen LogP contribution in [0.2, 0.25) is 0 Å². The molecular formula is C13H14N4O2S. The van der Waals surface area contributed by atoms with Crippen molar-refractivity contribution in [3.8, 4) is 0 Å². The SMILES string of the molecule is Cc1ccc2c(CSC(=N)N=C(N)N)cc(=O)oc2c1. The lowest BCUT2D eigenvalue weighted by Crippen LogP contribution is -2.23. The maximum absolute atomic E-state index is 11.5. The van der Waals surface area contributed by atoms with Crippen LogP contribution in [0.15, 0.2) is 38.5 Å². The van der Waals surface area contributed by atoms with Gasteiger partial charge in [0, 0.05) is 17.2 Å². The second-order valence-corrected chi connectivity index (χ2v) is 5.18. The minimum Gasteiger partial charge on any atom is -0.423 e. The number of aryl methyl sites for hydroxylation is 1. The van der Waals surface area contributed by atoms with E-state index in [1.165, 1.54) is 6.07 Å². The Labute approximate surface area is 119 Å². The van der Waals surface area contributed by atoms with Gasteiger partial charge in [0.05, 0.1) is 0 Å². The number of aliphatic imine (C=N–C) groups is 1. The molecule has 0 atom stereocenters. The normalized spacial score (nSPS) is 10.4. The number of benzene rings is 1. The lowest BCUT2D eigenvalue weighted by Gasteiger charge is -2.05. The van der Waals surface area contributed by atoms with E-state index in [9.17, 15) is 4.79 Å². The molecule has 104 valence electrons. The van der Waals surface area contributed by atoms with Crippen LogP contribution in [0.3, 0.4) is 0 Å². The highest BCUT2D eigenvalue weighted by Gasteiger charge is 2.07. The second kappa shape index (κ2) is 5.79. The first-order valence-corrected chi connectivity index (χ1v) is 6.78. The number of hydrogen-bond acceptors (Lipinski definition) is 4. The Morgan fingerprint density at radius 2 is 2.15 bits per heavy atom. The average Bonchev–Trinajstić information content (AvgIpc) is 2.34. The van der Waals surface area contributed by atoms with Gasteiger partial charge in [-0.15, -0.1) is 0 Å². The van der Waals surface area contributed by atoms with Gasteiger partial charge < -0.3 is 15.9 Å². The van der Waals surface area contributed by atoms with Crippen LogP contribution in [0.5, 0.6) is 0 Å². The third-order valence-electron chi connectivity index (χ3n) is 2.58. The van der Waals surface area contributed by atoms with Crippen molar-refractivity contribution >= 4 is 33.9 Å². The molecule has 1 heterocycles. The highest BCUT2D eigenvalue weighted by atomic mass is 32.2. The first-order chi connectivity index (χ1) is 9.45. The summed E-state index contributed by atoms with van der Waals surface area (Å²) in [5, 5.41) is 8.42. The van der Waals surface area contributed by atoms with E-state index < -0.39 is 5.63 Å². The first-order valence-electron chi connectivity index (χ1n) is 5.80. The van der Waals surface area contributed by atoms with Gasteiger partial charge in [-0.1, -0.05) is 23.9 Å². The summed E-state index contributed by atoms with van der Waals surface area (Å²) in [4.78, 5) is 15.2. The van der Waals surface area contributed by atoms with E-state index in [2.05, 4.69) is 4.99 Å². The molecule has 20 heavy (non-hydrogen) atoms. The van der Waals surface area contributed by atoms with Crippen LogP contribution < -0.4 is 17.1 Å². The van der Waals surface area contributed by atoms with Gasteiger partial charge in [-0.25, -0.2) is 4.79 Å². The molecule has 0 aliphatic heterocycles. The van der Waals surface area contributed by atoms with E-state index >= 15 is 0 Å². The summed E-state index contributed by atoms with van der Waals surface area (Å²) in [5.41, 5.74) is 12.3. The van der Waals surface area contributed by atoms with Crippen molar-refractivity contribution in [1.29, 1.82) is 5.41 Å². The van der Waals surface area contributed by atoms with E-state index in [1.54, 1.807) is 0 Å². The van der Waals surface area contributed by atoms with Crippen molar-refractivity contribution in [2.75, 3.05) is 0 Å². The number of nitrogens with one attached hydrogen (secondary N) is 1.